The molecule has 0 radical (unpaired) electrons. The average Bonchev–Trinajstić information content (AvgIpc) is 3.24. The van der Waals surface area contributed by atoms with Crippen molar-refractivity contribution in [3.05, 3.63) is 45.7 Å². The molecule has 28 heavy (non-hydrogen) atoms. The molecular weight excluding hydrogens is 356 g/mol. The van der Waals surface area contributed by atoms with Gasteiger partial charge in [0.25, 0.3) is 0 Å². The number of ether oxygens (including phenoxy) is 3. The second-order valence-electron chi connectivity index (χ2n) is 6.46. The lowest BCUT2D eigenvalue weighted by Gasteiger charge is -2.11. The molecule has 2 aliphatic rings. The Balaban J connectivity index is 1.97. The Kier molecular flexibility index (Phi) is 3.94. The summed E-state index contributed by atoms with van der Waals surface area (Å²) in [6, 6.07) is 8.00. The monoisotopic (exact) mass is 372 g/mol. The third-order valence-electron chi connectivity index (χ3n) is 4.98. The summed E-state index contributed by atoms with van der Waals surface area (Å²) in [6.45, 7) is 3.81. The van der Waals surface area contributed by atoms with Crippen molar-refractivity contribution in [2.24, 2.45) is 0 Å². The molecule has 0 spiro atoms. The van der Waals surface area contributed by atoms with E-state index < -0.39 is 0 Å². The summed E-state index contributed by atoms with van der Waals surface area (Å²) in [5.41, 5.74) is 11.1. The van der Waals surface area contributed by atoms with Crippen molar-refractivity contribution in [1.29, 1.82) is 10.5 Å². The van der Waals surface area contributed by atoms with Crippen LogP contribution in [0.2, 0.25) is 0 Å². The highest BCUT2D eigenvalue weighted by Gasteiger charge is 2.30. The second-order valence-corrected chi connectivity index (χ2v) is 6.46. The van der Waals surface area contributed by atoms with Gasteiger partial charge < -0.3 is 19.9 Å². The number of nitrogen functional groups attached to an aromatic ring is 1. The number of hydrogen-bond donors (Lipinski definition) is 1. The molecule has 0 amide bonds. The molecule has 7 heteroatoms. The van der Waals surface area contributed by atoms with E-state index >= 15 is 0 Å². The van der Waals surface area contributed by atoms with Gasteiger partial charge in [-0.25, -0.2) is 4.98 Å². The highest BCUT2D eigenvalue weighted by Crippen LogP contribution is 2.46. The van der Waals surface area contributed by atoms with Gasteiger partial charge in [0, 0.05) is 5.56 Å². The van der Waals surface area contributed by atoms with Crippen LogP contribution in [-0.4, -0.2) is 18.9 Å². The van der Waals surface area contributed by atoms with Crippen LogP contribution in [0.3, 0.4) is 0 Å². The molecule has 1 aromatic carbocycles. The Morgan fingerprint density at radius 3 is 2.68 bits per heavy atom. The zero-order valence-electron chi connectivity index (χ0n) is 15.6. The van der Waals surface area contributed by atoms with Crippen LogP contribution in [0.15, 0.2) is 17.7 Å². The van der Waals surface area contributed by atoms with E-state index in [9.17, 15) is 10.5 Å². The van der Waals surface area contributed by atoms with Crippen molar-refractivity contribution in [3.63, 3.8) is 0 Å². The second kappa shape index (κ2) is 6.33. The Morgan fingerprint density at radius 1 is 1.21 bits per heavy atom. The minimum atomic E-state index is 0.130. The molecule has 1 aliphatic heterocycles. The van der Waals surface area contributed by atoms with Crippen molar-refractivity contribution >= 4 is 23.0 Å². The number of nitriles is 2. The van der Waals surface area contributed by atoms with Crippen LogP contribution >= 0.6 is 0 Å². The van der Waals surface area contributed by atoms with Gasteiger partial charge in [-0.15, -0.1) is 0 Å². The number of hydrogen-bond acceptors (Lipinski definition) is 7. The number of rotatable bonds is 2. The molecule has 2 N–H and O–H groups in total. The lowest BCUT2D eigenvalue weighted by atomic mass is 9.95. The number of aromatic nitrogens is 1. The predicted octanol–water partition coefficient (Wildman–Crippen LogP) is 3.43. The van der Waals surface area contributed by atoms with Gasteiger partial charge in [-0.05, 0) is 54.3 Å². The van der Waals surface area contributed by atoms with E-state index in [1.165, 1.54) is 0 Å². The van der Waals surface area contributed by atoms with Crippen LogP contribution in [0.25, 0.3) is 17.2 Å². The molecule has 1 aromatic heterocycles. The van der Waals surface area contributed by atoms with E-state index in [4.69, 9.17) is 19.9 Å². The molecular formula is C21H16N4O3. The number of pyridine rings is 1. The number of nitrogens with zero attached hydrogens (tertiary/aromatic N) is 3. The van der Waals surface area contributed by atoms with Crippen molar-refractivity contribution in [2.45, 2.75) is 13.8 Å². The summed E-state index contributed by atoms with van der Waals surface area (Å²) in [6.07, 6.45) is 1.93. The quantitative estimate of drug-likeness (QED) is 0.859. The zero-order valence-corrected chi connectivity index (χ0v) is 15.6. The first-order valence-electron chi connectivity index (χ1n) is 8.51. The molecule has 1 aliphatic carbocycles. The Morgan fingerprint density at radius 2 is 2.00 bits per heavy atom. The third kappa shape index (κ3) is 2.38. The molecule has 0 fully saturated rings. The van der Waals surface area contributed by atoms with Crippen molar-refractivity contribution in [1.82, 2.24) is 4.98 Å². The normalized spacial score (nSPS) is 15.4. The highest BCUT2D eigenvalue weighted by molar-refractivity contribution is 6.08. The van der Waals surface area contributed by atoms with E-state index in [2.05, 4.69) is 17.1 Å². The molecule has 7 nitrogen and oxygen atoms in total. The molecule has 2 heterocycles. The fraction of sp³-hybridized carbons (Fsp3) is 0.190. The van der Waals surface area contributed by atoms with Gasteiger partial charge in [0.15, 0.2) is 11.5 Å². The summed E-state index contributed by atoms with van der Waals surface area (Å²) in [5, 5.41) is 19.1. The highest BCUT2D eigenvalue weighted by atomic mass is 16.7. The maximum absolute atomic E-state index is 9.65. The maximum Gasteiger partial charge on any atom is 0.231 e. The molecule has 4 rings (SSSR count). The van der Waals surface area contributed by atoms with Gasteiger partial charge in [0.2, 0.25) is 12.5 Å². The maximum atomic E-state index is 9.65. The Bertz CT molecular complexity index is 1180. The Hall–Kier alpha value is -3.97. The van der Waals surface area contributed by atoms with Crippen molar-refractivity contribution < 1.29 is 14.2 Å². The summed E-state index contributed by atoms with van der Waals surface area (Å²) < 4.78 is 16.3. The number of benzene rings is 1. The van der Waals surface area contributed by atoms with Crippen molar-refractivity contribution in [2.75, 3.05) is 19.6 Å². The third-order valence-corrected chi connectivity index (χ3v) is 4.98. The van der Waals surface area contributed by atoms with Gasteiger partial charge in [0.1, 0.15) is 18.0 Å². The summed E-state index contributed by atoms with van der Waals surface area (Å²) >= 11 is 0. The largest absolute Gasteiger partial charge is 0.493 e. The van der Waals surface area contributed by atoms with Crippen LogP contribution < -0.4 is 19.9 Å². The summed E-state index contributed by atoms with van der Waals surface area (Å²) in [7, 11) is 1.56. The molecule has 0 unspecified atom stereocenters. The lowest BCUT2D eigenvalue weighted by Crippen LogP contribution is -2.03. The van der Waals surface area contributed by atoms with Crippen LogP contribution in [0.1, 0.15) is 34.9 Å². The van der Waals surface area contributed by atoms with Gasteiger partial charge in [-0.1, -0.05) is 0 Å². The average molecular weight is 372 g/mol. The number of fused-ring (bicyclic) bond motifs is 2. The van der Waals surface area contributed by atoms with Gasteiger partial charge >= 0.3 is 0 Å². The van der Waals surface area contributed by atoms with E-state index in [-0.39, 0.29) is 12.6 Å². The Labute approximate surface area is 161 Å². The number of anilines is 1. The lowest BCUT2D eigenvalue weighted by molar-refractivity contribution is 0.171. The smallest absolute Gasteiger partial charge is 0.231 e. The zero-order chi connectivity index (χ0) is 20.0. The standard InChI is InChI=1S/C21H16N4O3/c1-10-13(4-12-5-16(26-3)20-17(6-12)27-9-28-20)18-11(2)15(8-23)21(24)25-19(18)14(10)7-22/h4-6H,9H2,1-3H3,(H2,24,25). The molecule has 0 atom stereocenters. The van der Waals surface area contributed by atoms with E-state index in [1.54, 1.807) is 7.11 Å². The van der Waals surface area contributed by atoms with Crippen LogP contribution in [0, 0.1) is 29.6 Å². The molecule has 0 saturated carbocycles. The molecule has 2 aromatic rings. The number of allylic oxidation sites excluding steroid dienone is 3. The summed E-state index contributed by atoms with van der Waals surface area (Å²) in [5.74, 6) is 1.85. The van der Waals surface area contributed by atoms with Crippen molar-refractivity contribution in [3.8, 4) is 29.4 Å². The fourth-order valence-corrected chi connectivity index (χ4v) is 3.60. The first kappa shape index (κ1) is 17.4. The topological polar surface area (TPSA) is 114 Å². The van der Waals surface area contributed by atoms with Gasteiger partial charge in [0.05, 0.1) is 23.9 Å². The minimum absolute atomic E-state index is 0.130. The van der Waals surface area contributed by atoms with E-state index in [0.717, 1.165) is 22.3 Å². The van der Waals surface area contributed by atoms with Crippen LogP contribution in [0.4, 0.5) is 5.82 Å². The minimum Gasteiger partial charge on any atom is -0.493 e. The van der Waals surface area contributed by atoms with Crippen LogP contribution in [0.5, 0.6) is 17.2 Å². The van der Waals surface area contributed by atoms with Gasteiger partial charge in [-0.2, -0.15) is 10.5 Å². The van der Waals surface area contributed by atoms with Crippen LogP contribution in [-0.2, 0) is 0 Å². The van der Waals surface area contributed by atoms with E-state index in [0.29, 0.717) is 39.6 Å². The van der Waals surface area contributed by atoms with E-state index in [1.807, 2.05) is 32.1 Å². The first-order valence-corrected chi connectivity index (χ1v) is 8.51. The first-order chi connectivity index (χ1) is 13.5. The number of nitrogens with two attached hydrogens (primary N) is 1. The summed E-state index contributed by atoms with van der Waals surface area (Å²) in [4.78, 5) is 4.34. The molecule has 138 valence electrons. The SMILES string of the molecule is COc1cc(C=C2C(C)=C(C#N)c3nc(N)c(C#N)c(C)c32)cc2c1OCO2. The van der Waals surface area contributed by atoms with Gasteiger partial charge in [-0.3, -0.25) is 0 Å². The molecule has 0 saturated heterocycles. The number of methoxy groups -OCH3 is 1. The predicted molar refractivity (Wildman–Crippen MR) is 103 cm³/mol. The fourth-order valence-electron chi connectivity index (χ4n) is 3.60. The molecule has 0 bridgehead atoms.